The van der Waals surface area contributed by atoms with Crippen molar-refractivity contribution in [2.24, 2.45) is 5.92 Å². The maximum atomic E-state index is 12.3. The lowest BCUT2D eigenvalue weighted by Crippen LogP contribution is -2.21. The van der Waals surface area contributed by atoms with Gasteiger partial charge in [0, 0.05) is 6.42 Å². The average Bonchev–Trinajstić information content (AvgIpc) is 2.61. The molecule has 0 aliphatic heterocycles. The van der Waals surface area contributed by atoms with Crippen molar-refractivity contribution >= 4 is 5.97 Å². The number of carbonyl (C=O) groups is 1. The molecule has 0 aliphatic rings. The summed E-state index contributed by atoms with van der Waals surface area (Å²) in [7, 11) is 0. The third-order valence-corrected chi connectivity index (χ3v) is 5.04. The summed E-state index contributed by atoms with van der Waals surface area (Å²) >= 11 is 0. The van der Waals surface area contributed by atoms with E-state index in [1.807, 2.05) is 6.92 Å². The Morgan fingerprint density at radius 2 is 1.23 bits per heavy atom. The highest BCUT2D eigenvalue weighted by Crippen LogP contribution is 2.22. The van der Waals surface area contributed by atoms with Gasteiger partial charge in [0.1, 0.15) is 0 Å². The number of rotatable bonds is 19. The standard InChI is InChI=1S/C23H46O3/c1-5-8-11-13-14-16-18-22(17-15-12-9-6-2)20-23(24)26-21(4)25-19-10-7-3/h21-22H,5-20H2,1-4H3. The van der Waals surface area contributed by atoms with Crippen molar-refractivity contribution in [2.45, 2.75) is 130 Å². The first-order valence-electron chi connectivity index (χ1n) is 11.4. The maximum absolute atomic E-state index is 12.3. The molecule has 0 radical (unpaired) electrons. The van der Waals surface area contributed by atoms with Gasteiger partial charge in [-0.1, -0.05) is 91.4 Å². The van der Waals surface area contributed by atoms with Crippen molar-refractivity contribution in [3.8, 4) is 0 Å². The number of esters is 1. The molecule has 0 rings (SSSR count). The SMILES string of the molecule is CCCCCCCCC(CCCCCC)CC(=O)OC(C)OCCCC. The van der Waals surface area contributed by atoms with Gasteiger partial charge in [-0.05, 0) is 32.1 Å². The molecule has 26 heavy (non-hydrogen) atoms. The van der Waals surface area contributed by atoms with Crippen LogP contribution in [-0.2, 0) is 14.3 Å². The molecule has 3 nitrogen and oxygen atoms in total. The van der Waals surface area contributed by atoms with Crippen molar-refractivity contribution in [1.29, 1.82) is 0 Å². The number of carbonyl (C=O) groups excluding carboxylic acids is 1. The highest BCUT2D eigenvalue weighted by molar-refractivity contribution is 5.69. The van der Waals surface area contributed by atoms with Crippen LogP contribution in [0.1, 0.15) is 124 Å². The van der Waals surface area contributed by atoms with Crippen molar-refractivity contribution < 1.29 is 14.3 Å². The Kier molecular flexibility index (Phi) is 18.8. The molecule has 2 unspecified atom stereocenters. The highest BCUT2D eigenvalue weighted by atomic mass is 16.7. The highest BCUT2D eigenvalue weighted by Gasteiger charge is 2.17. The fourth-order valence-corrected chi connectivity index (χ4v) is 3.32. The van der Waals surface area contributed by atoms with Gasteiger partial charge in [0.15, 0.2) is 6.29 Å². The van der Waals surface area contributed by atoms with E-state index in [4.69, 9.17) is 9.47 Å². The largest absolute Gasteiger partial charge is 0.436 e. The molecule has 156 valence electrons. The zero-order chi connectivity index (χ0) is 19.5. The third-order valence-electron chi connectivity index (χ3n) is 5.04. The summed E-state index contributed by atoms with van der Waals surface area (Å²) in [6.45, 7) is 9.13. The van der Waals surface area contributed by atoms with Crippen LogP contribution in [0.2, 0.25) is 0 Å². The van der Waals surface area contributed by atoms with Gasteiger partial charge in [-0.3, -0.25) is 4.79 Å². The number of hydrogen-bond donors (Lipinski definition) is 0. The van der Waals surface area contributed by atoms with Gasteiger partial charge in [-0.2, -0.15) is 0 Å². The lowest BCUT2D eigenvalue weighted by molar-refractivity contribution is -0.176. The predicted octanol–water partition coefficient (Wildman–Crippen LogP) is 7.42. The molecule has 0 saturated carbocycles. The predicted molar refractivity (Wildman–Crippen MR) is 111 cm³/mol. The molecule has 0 aromatic heterocycles. The summed E-state index contributed by atoms with van der Waals surface area (Å²) < 4.78 is 11.0. The third kappa shape index (κ3) is 16.9. The Morgan fingerprint density at radius 3 is 1.81 bits per heavy atom. The summed E-state index contributed by atoms with van der Waals surface area (Å²) in [4.78, 5) is 12.3. The van der Waals surface area contributed by atoms with E-state index in [-0.39, 0.29) is 5.97 Å². The van der Waals surface area contributed by atoms with Gasteiger partial charge in [-0.15, -0.1) is 0 Å². The van der Waals surface area contributed by atoms with Gasteiger partial charge in [-0.25, -0.2) is 0 Å². The second-order valence-corrected chi connectivity index (χ2v) is 7.76. The van der Waals surface area contributed by atoms with Gasteiger partial charge < -0.3 is 9.47 Å². The van der Waals surface area contributed by atoms with Crippen molar-refractivity contribution in [3.05, 3.63) is 0 Å². The van der Waals surface area contributed by atoms with E-state index < -0.39 is 6.29 Å². The van der Waals surface area contributed by atoms with E-state index >= 15 is 0 Å². The van der Waals surface area contributed by atoms with Crippen molar-refractivity contribution in [3.63, 3.8) is 0 Å². The van der Waals surface area contributed by atoms with E-state index in [2.05, 4.69) is 20.8 Å². The molecule has 0 bridgehead atoms. The van der Waals surface area contributed by atoms with E-state index in [0.29, 0.717) is 18.9 Å². The lowest BCUT2D eigenvalue weighted by atomic mass is 9.91. The van der Waals surface area contributed by atoms with Crippen LogP contribution in [0.25, 0.3) is 0 Å². The van der Waals surface area contributed by atoms with Gasteiger partial charge in [0.2, 0.25) is 0 Å². The second-order valence-electron chi connectivity index (χ2n) is 7.76. The topological polar surface area (TPSA) is 35.5 Å². The molecular formula is C23H46O3. The van der Waals surface area contributed by atoms with Crippen LogP contribution in [-0.4, -0.2) is 18.9 Å². The van der Waals surface area contributed by atoms with Crippen LogP contribution >= 0.6 is 0 Å². The lowest BCUT2D eigenvalue weighted by Gasteiger charge is -2.19. The van der Waals surface area contributed by atoms with Crippen LogP contribution in [0.4, 0.5) is 0 Å². The van der Waals surface area contributed by atoms with Crippen molar-refractivity contribution in [2.75, 3.05) is 6.61 Å². The molecule has 0 fully saturated rings. The Bertz CT molecular complexity index is 304. The molecule has 3 heteroatoms. The van der Waals surface area contributed by atoms with E-state index in [1.54, 1.807) is 0 Å². The zero-order valence-corrected chi connectivity index (χ0v) is 18.2. The fraction of sp³-hybridized carbons (Fsp3) is 0.957. The maximum Gasteiger partial charge on any atom is 0.308 e. The first-order chi connectivity index (χ1) is 12.6. The first kappa shape index (κ1) is 25.4. The molecule has 0 N–H and O–H groups in total. The first-order valence-corrected chi connectivity index (χ1v) is 11.4. The van der Waals surface area contributed by atoms with Crippen LogP contribution in [0.15, 0.2) is 0 Å². The van der Waals surface area contributed by atoms with E-state index in [9.17, 15) is 4.79 Å². The molecule has 0 aromatic rings. The molecular weight excluding hydrogens is 324 g/mol. The number of unbranched alkanes of at least 4 members (excludes halogenated alkanes) is 9. The summed E-state index contributed by atoms with van der Waals surface area (Å²) in [5.41, 5.74) is 0. The smallest absolute Gasteiger partial charge is 0.308 e. The summed E-state index contributed by atoms with van der Waals surface area (Å²) in [6, 6.07) is 0. The van der Waals surface area contributed by atoms with Crippen LogP contribution in [0, 0.1) is 5.92 Å². The molecule has 0 amide bonds. The Hall–Kier alpha value is -0.570. The van der Waals surface area contributed by atoms with E-state index in [0.717, 1.165) is 19.3 Å². The van der Waals surface area contributed by atoms with Crippen molar-refractivity contribution in [1.82, 2.24) is 0 Å². The van der Waals surface area contributed by atoms with Crippen LogP contribution < -0.4 is 0 Å². The Morgan fingerprint density at radius 1 is 0.731 bits per heavy atom. The molecule has 0 spiro atoms. The number of hydrogen-bond acceptors (Lipinski definition) is 3. The molecule has 0 saturated heterocycles. The average molecular weight is 371 g/mol. The summed E-state index contributed by atoms with van der Waals surface area (Å²) in [6.07, 6.45) is 17.6. The minimum Gasteiger partial charge on any atom is -0.436 e. The summed E-state index contributed by atoms with van der Waals surface area (Å²) in [5.74, 6) is 0.397. The molecule has 2 atom stereocenters. The monoisotopic (exact) mass is 370 g/mol. The zero-order valence-electron chi connectivity index (χ0n) is 18.2. The van der Waals surface area contributed by atoms with Crippen LogP contribution in [0.3, 0.4) is 0 Å². The molecule has 0 heterocycles. The Balaban J connectivity index is 4.11. The van der Waals surface area contributed by atoms with Crippen LogP contribution in [0.5, 0.6) is 0 Å². The number of ether oxygens (including phenoxy) is 2. The quantitative estimate of drug-likeness (QED) is 0.135. The van der Waals surface area contributed by atoms with Gasteiger partial charge in [0.05, 0.1) is 6.61 Å². The van der Waals surface area contributed by atoms with Gasteiger partial charge in [0.25, 0.3) is 0 Å². The molecule has 0 aromatic carbocycles. The van der Waals surface area contributed by atoms with E-state index in [1.165, 1.54) is 70.6 Å². The minimum atomic E-state index is -0.413. The normalized spacial score (nSPS) is 13.5. The summed E-state index contributed by atoms with van der Waals surface area (Å²) in [5, 5.41) is 0. The second kappa shape index (κ2) is 19.2. The molecule has 0 aliphatic carbocycles. The minimum absolute atomic E-state index is 0.0829. The fourth-order valence-electron chi connectivity index (χ4n) is 3.32. The van der Waals surface area contributed by atoms with Gasteiger partial charge >= 0.3 is 5.97 Å². The Labute approximate surface area is 163 Å².